The Morgan fingerprint density at radius 1 is 1.08 bits per heavy atom. The average Bonchev–Trinajstić information content (AvgIpc) is 2.53. The van der Waals surface area contributed by atoms with Gasteiger partial charge >= 0.3 is 5.97 Å². The van der Waals surface area contributed by atoms with Crippen molar-refractivity contribution in [3.63, 3.8) is 0 Å². The molecule has 6 nitrogen and oxygen atoms in total. The van der Waals surface area contributed by atoms with Crippen LogP contribution in [-0.4, -0.2) is 82.5 Å². The van der Waals surface area contributed by atoms with Crippen molar-refractivity contribution in [2.45, 2.75) is 71.0 Å². The van der Waals surface area contributed by atoms with E-state index in [1.54, 1.807) is 0 Å². The van der Waals surface area contributed by atoms with Crippen LogP contribution in [0.15, 0.2) is 0 Å². The van der Waals surface area contributed by atoms with E-state index in [0.29, 0.717) is 24.7 Å². The van der Waals surface area contributed by atoms with Gasteiger partial charge in [0.1, 0.15) is 0 Å². The number of amides is 1. The van der Waals surface area contributed by atoms with Crippen LogP contribution in [0.2, 0.25) is 0 Å². The number of likely N-dealkylation sites (tertiary alicyclic amines) is 2. The van der Waals surface area contributed by atoms with E-state index in [1.807, 2.05) is 11.8 Å². The predicted molar refractivity (Wildman–Crippen MR) is 94.0 cm³/mol. The fraction of sp³-hybridized carbons (Fsp3) is 0.889. The normalized spacial score (nSPS) is 26.8. The Bertz CT molecular complexity index is 425. The molecule has 0 bridgehead atoms. The molecule has 0 aromatic rings. The van der Waals surface area contributed by atoms with Crippen LogP contribution in [0.25, 0.3) is 0 Å². The first-order chi connectivity index (χ1) is 11.4. The molecular formula is C18H33N3O3. The van der Waals surface area contributed by atoms with E-state index in [0.717, 1.165) is 45.3 Å². The number of carboxylic acid groups (broad SMARTS) is 1. The highest BCUT2D eigenvalue weighted by molar-refractivity contribution is 5.79. The first kappa shape index (κ1) is 19.2. The average molecular weight is 339 g/mol. The third-order valence-electron chi connectivity index (χ3n) is 5.66. The van der Waals surface area contributed by atoms with Gasteiger partial charge < -0.3 is 10.0 Å². The molecule has 1 N–H and O–H groups in total. The minimum Gasteiger partial charge on any atom is -0.480 e. The molecule has 0 aromatic carbocycles. The van der Waals surface area contributed by atoms with Gasteiger partial charge in [0.2, 0.25) is 5.91 Å². The molecule has 0 aromatic heterocycles. The molecule has 0 spiro atoms. The Labute approximate surface area is 145 Å². The summed E-state index contributed by atoms with van der Waals surface area (Å²) in [6, 6.07) is 1.03. The zero-order valence-corrected chi connectivity index (χ0v) is 15.4. The maximum Gasteiger partial charge on any atom is 0.317 e. The maximum atomic E-state index is 12.7. The standard InChI is InChI=1S/C18H33N3O3/c1-4-20(13-18(23)24)16-8-10-19(11-9-16)12-17(22)21-14(2)6-5-7-15(21)3/h14-16H,4-13H2,1-3H3,(H,23,24). The third kappa shape index (κ3) is 4.93. The van der Waals surface area contributed by atoms with Crippen molar-refractivity contribution >= 4 is 11.9 Å². The lowest BCUT2D eigenvalue weighted by atomic mass is 9.97. The molecule has 0 radical (unpaired) electrons. The molecule has 2 aliphatic rings. The first-order valence-corrected chi connectivity index (χ1v) is 9.41. The summed E-state index contributed by atoms with van der Waals surface area (Å²) < 4.78 is 0. The lowest BCUT2D eigenvalue weighted by molar-refractivity contribution is -0.139. The molecule has 1 amide bonds. The van der Waals surface area contributed by atoms with Crippen LogP contribution in [0.4, 0.5) is 0 Å². The van der Waals surface area contributed by atoms with Crippen LogP contribution in [0.5, 0.6) is 0 Å². The largest absolute Gasteiger partial charge is 0.480 e. The van der Waals surface area contributed by atoms with E-state index in [2.05, 4.69) is 23.6 Å². The number of aliphatic carboxylic acids is 1. The fourth-order valence-corrected chi connectivity index (χ4v) is 4.30. The van der Waals surface area contributed by atoms with E-state index in [1.165, 1.54) is 6.42 Å². The second-order valence-corrected chi connectivity index (χ2v) is 7.39. The van der Waals surface area contributed by atoms with Gasteiger partial charge in [-0.05, 0) is 52.5 Å². The smallest absolute Gasteiger partial charge is 0.317 e. The first-order valence-electron chi connectivity index (χ1n) is 9.41. The van der Waals surface area contributed by atoms with Gasteiger partial charge in [0.05, 0.1) is 13.1 Å². The Balaban J connectivity index is 1.82. The summed E-state index contributed by atoms with van der Waals surface area (Å²) in [6.07, 6.45) is 5.32. The quantitative estimate of drug-likeness (QED) is 0.797. The zero-order valence-electron chi connectivity index (χ0n) is 15.4. The number of carbonyl (C=O) groups is 2. The number of likely N-dealkylation sites (N-methyl/N-ethyl adjacent to an activating group) is 1. The molecule has 24 heavy (non-hydrogen) atoms. The Hall–Kier alpha value is -1.14. The van der Waals surface area contributed by atoms with Gasteiger partial charge in [0.15, 0.2) is 0 Å². The SMILES string of the molecule is CCN(CC(=O)O)C1CCN(CC(=O)N2C(C)CCCC2C)CC1. The highest BCUT2D eigenvalue weighted by Crippen LogP contribution is 2.23. The summed E-state index contributed by atoms with van der Waals surface area (Å²) in [7, 11) is 0. The molecule has 0 aliphatic carbocycles. The third-order valence-corrected chi connectivity index (χ3v) is 5.66. The monoisotopic (exact) mass is 339 g/mol. The summed E-state index contributed by atoms with van der Waals surface area (Å²) in [4.78, 5) is 30.0. The Morgan fingerprint density at radius 3 is 2.17 bits per heavy atom. The molecule has 2 rings (SSSR count). The van der Waals surface area contributed by atoms with Crippen molar-refractivity contribution in [2.75, 3.05) is 32.7 Å². The molecule has 2 unspecified atom stereocenters. The molecule has 2 atom stereocenters. The number of carbonyl (C=O) groups excluding carboxylic acids is 1. The number of piperidine rings is 2. The lowest BCUT2D eigenvalue weighted by Gasteiger charge is -2.41. The van der Waals surface area contributed by atoms with Crippen molar-refractivity contribution in [1.82, 2.24) is 14.7 Å². The second kappa shape index (κ2) is 8.81. The summed E-state index contributed by atoms with van der Waals surface area (Å²) in [5.74, 6) is -0.506. The summed E-state index contributed by atoms with van der Waals surface area (Å²) in [5, 5.41) is 9.01. The van der Waals surface area contributed by atoms with Crippen molar-refractivity contribution in [3.05, 3.63) is 0 Å². The van der Waals surface area contributed by atoms with Crippen LogP contribution in [0.3, 0.4) is 0 Å². The van der Waals surface area contributed by atoms with Gasteiger partial charge in [-0.25, -0.2) is 0 Å². The minimum absolute atomic E-state index is 0.114. The van der Waals surface area contributed by atoms with E-state index in [4.69, 9.17) is 5.11 Å². The predicted octanol–water partition coefficient (Wildman–Crippen LogP) is 1.65. The molecule has 0 saturated carbocycles. The second-order valence-electron chi connectivity index (χ2n) is 7.39. The van der Waals surface area contributed by atoms with Crippen LogP contribution in [0.1, 0.15) is 52.9 Å². The Kier molecular flexibility index (Phi) is 7.04. The molecule has 2 fully saturated rings. The number of carboxylic acids is 1. The number of hydrogen-bond donors (Lipinski definition) is 1. The topological polar surface area (TPSA) is 64.1 Å². The van der Waals surface area contributed by atoms with Gasteiger partial charge in [-0.3, -0.25) is 19.4 Å². The molecule has 2 aliphatic heterocycles. The van der Waals surface area contributed by atoms with Gasteiger partial charge in [0, 0.05) is 31.2 Å². The van der Waals surface area contributed by atoms with Crippen molar-refractivity contribution in [3.8, 4) is 0 Å². The lowest BCUT2D eigenvalue weighted by Crippen LogP contribution is -2.53. The fourth-order valence-electron chi connectivity index (χ4n) is 4.30. The van der Waals surface area contributed by atoms with E-state index in [9.17, 15) is 9.59 Å². The molecule has 2 saturated heterocycles. The zero-order chi connectivity index (χ0) is 17.7. The van der Waals surface area contributed by atoms with E-state index < -0.39 is 5.97 Å². The van der Waals surface area contributed by atoms with Gasteiger partial charge in [-0.15, -0.1) is 0 Å². The molecule has 2 heterocycles. The van der Waals surface area contributed by atoms with E-state index in [-0.39, 0.29) is 12.5 Å². The van der Waals surface area contributed by atoms with Crippen LogP contribution < -0.4 is 0 Å². The van der Waals surface area contributed by atoms with Crippen LogP contribution >= 0.6 is 0 Å². The number of hydrogen-bond acceptors (Lipinski definition) is 4. The van der Waals surface area contributed by atoms with Crippen LogP contribution in [0, 0.1) is 0 Å². The highest BCUT2D eigenvalue weighted by atomic mass is 16.4. The van der Waals surface area contributed by atoms with Gasteiger partial charge in [0.25, 0.3) is 0 Å². The number of rotatable bonds is 6. The Morgan fingerprint density at radius 2 is 1.67 bits per heavy atom. The van der Waals surface area contributed by atoms with Crippen molar-refractivity contribution < 1.29 is 14.7 Å². The molecule has 6 heteroatoms. The molecule has 138 valence electrons. The van der Waals surface area contributed by atoms with Gasteiger partial charge in [-0.1, -0.05) is 6.92 Å². The van der Waals surface area contributed by atoms with Gasteiger partial charge in [-0.2, -0.15) is 0 Å². The molecular weight excluding hydrogens is 306 g/mol. The van der Waals surface area contributed by atoms with Crippen molar-refractivity contribution in [1.29, 1.82) is 0 Å². The minimum atomic E-state index is -0.762. The number of nitrogens with zero attached hydrogens (tertiary/aromatic N) is 3. The van der Waals surface area contributed by atoms with Crippen molar-refractivity contribution in [2.24, 2.45) is 0 Å². The van der Waals surface area contributed by atoms with Crippen LogP contribution in [-0.2, 0) is 9.59 Å². The highest BCUT2D eigenvalue weighted by Gasteiger charge is 2.31. The maximum absolute atomic E-state index is 12.7. The summed E-state index contributed by atoms with van der Waals surface area (Å²) in [6.45, 7) is 9.47. The summed E-state index contributed by atoms with van der Waals surface area (Å²) in [5.41, 5.74) is 0. The summed E-state index contributed by atoms with van der Waals surface area (Å²) >= 11 is 0. The van der Waals surface area contributed by atoms with E-state index >= 15 is 0 Å².